The van der Waals surface area contributed by atoms with Crippen LogP contribution in [0.2, 0.25) is 0 Å². The van der Waals surface area contributed by atoms with E-state index in [0.29, 0.717) is 23.0 Å². The van der Waals surface area contributed by atoms with Crippen molar-refractivity contribution >= 4 is 5.91 Å². The Bertz CT molecular complexity index is 904. The number of hydrogen-bond donors (Lipinski definition) is 0. The molecule has 2 aromatic rings. The Morgan fingerprint density at radius 2 is 1.89 bits per heavy atom. The van der Waals surface area contributed by atoms with Crippen molar-refractivity contribution in [2.24, 2.45) is 10.8 Å². The molecule has 1 aromatic carbocycles. The maximum absolute atomic E-state index is 13.2. The number of aromatic nitrogens is 1. The Balaban J connectivity index is 1.57. The quantitative estimate of drug-likeness (QED) is 0.782. The van der Waals surface area contributed by atoms with Crippen LogP contribution in [0.3, 0.4) is 0 Å². The van der Waals surface area contributed by atoms with Crippen molar-refractivity contribution in [3.8, 4) is 22.8 Å². The highest BCUT2D eigenvalue weighted by Crippen LogP contribution is 2.52. The van der Waals surface area contributed by atoms with E-state index in [0.717, 1.165) is 31.4 Å². The van der Waals surface area contributed by atoms with Gasteiger partial charge in [0.15, 0.2) is 23.0 Å². The fraction of sp³-hybridized carbons (Fsp3) is 0.545. The minimum atomic E-state index is -0.0399. The summed E-state index contributed by atoms with van der Waals surface area (Å²) in [5, 5.41) is 4.07. The van der Waals surface area contributed by atoms with Crippen molar-refractivity contribution < 1.29 is 18.8 Å². The third-order valence-corrected chi connectivity index (χ3v) is 6.07. The topological polar surface area (TPSA) is 64.8 Å². The molecule has 1 amide bonds. The molecule has 0 N–H and O–H groups in total. The summed E-state index contributed by atoms with van der Waals surface area (Å²) in [4.78, 5) is 15.2. The SMILES string of the molecule is COc1ccc(-c2cc(C(=O)N3C[C@]4(C)C[C@H]3CC(C)(C)C4)no2)cc1OC. The number of fused-ring (bicyclic) bond motifs is 2. The van der Waals surface area contributed by atoms with E-state index in [2.05, 4.69) is 25.9 Å². The summed E-state index contributed by atoms with van der Waals surface area (Å²) in [6.07, 6.45) is 3.26. The summed E-state index contributed by atoms with van der Waals surface area (Å²) < 4.78 is 16.1. The normalized spacial score (nSPS) is 25.6. The van der Waals surface area contributed by atoms with E-state index in [1.165, 1.54) is 0 Å². The van der Waals surface area contributed by atoms with Crippen LogP contribution < -0.4 is 9.47 Å². The molecule has 2 atom stereocenters. The Morgan fingerprint density at radius 1 is 1.14 bits per heavy atom. The molecule has 0 unspecified atom stereocenters. The molecule has 0 radical (unpaired) electrons. The van der Waals surface area contributed by atoms with Crippen LogP contribution in [0.4, 0.5) is 0 Å². The molecule has 150 valence electrons. The van der Waals surface area contributed by atoms with Crippen LogP contribution in [-0.2, 0) is 0 Å². The molecule has 4 rings (SSSR count). The Kier molecular flexibility index (Phi) is 4.40. The van der Waals surface area contributed by atoms with Gasteiger partial charge in [0, 0.05) is 24.2 Å². The van der Waals surface area contributed by atoms with Crippen LogP contribution in [-0.4, -0.2) is 42.8 Å². The van der Waals surface area contributed by atoms with Gasteiger partial charge in [0.1, 0.15) is 0 Å². The van der Waals surface area contributed by atoms with Crippen LogP contribution in [0.15, 0.2) is 28.8 Å². The number of nitrogens with zero attached hydrogens (tertiary/aromatic N) is 2. The number of likely N-dealkylation sites (tertiary alicyclic amines) is 1. The van der Waals surface area contributed by atoms with Gasteiger partial charge in [-0.15, -0.1) is 0 Å². The fourth-order valence-corrected chi connectivity index (χ4v) is 5.35. The van der Waals surface area contributed by atoms with Crippen molar-refractivity contribution in [1.82, 2.24) is 10.1 Å². The fourth-order valence-electron chi connectivity index (χ4n) is 5.35. The summed E-state index contributed by atoms with van der Waals surface area (Å²) in [5.41, 5.74) is 1.61. The van der Waals surface area contributed by atoms with Crippen molar-refractivity contribution in [1.29, 1.82) is 0 Å². The number of hydrogen-bond acceptors (Lipinski definition) is 5. The molecule has 2 fully saturated rings. The lowest BCUT2D eigenvalue weighted by molar-refractivity contribution is 0.0698. The van der Waals surface area contributed by atoms with Gasteiger partial charge >= 0.3 is 0 Å². The minimum absolute atomic E-state index is 0.0399. The zero-order valence-corrected chi connectivity index (χ0v) is 17.2. The molecule has 28 heavy (non-hydrogen) atoms. The highest BCUT2D eigenvalue weighted by Gasteiger charge is 2.51. The molecule has 1 aromatic heterocycles. The molecule has 2 aliphatic rings. The average molecular weight is 384 g/mol. The number of carbonyl (C=O) groups excluding carboxylic acids is 1. The van der Waals surface area contributed by atoms with Crippen molar-refractivity contribution in [3.05, 3.63) is 30.0 Å². The number of ether oxygens (including phenoxy) is 2. The average Bonchev–Trinajstić information content (AvgIpc) is 3.22. The van der Waals surface area contributed by atoms with Crippen LogP contribution in [0.1, 0.15) is 50.5 Å². The summed E-state index contributed by atoms with van der Waals surface area (Å²) >= 11 is 0. The first-order valence-corrected chi connectivity index (χ1v) is 9.74. The minimum Gasteiger partial charge on any atom is -0.493 e. The van der Waals surface area contributed by atoms with Crippen LogP contribution in [0.5, 0.6) is 11.5 Å². The first-order valence-electron chi connectivity index (χ1n) is 9.74. The lowest BCUT2D eigenvalue weighted by atomic mass is 9.65. The van der Waals surface area contributed by atoms with Gasteiger partial charge < -0.3 is 18.9 Å². The predicted molar refractivity (Wildman–Crippen MR) is 106 cm³/mol. The number of methoxy groups -OCH3 is 2. The molecule has 6 nitrogen and oxygen atoms in total. The zero-order chi connectivity index (χ0) is 20.1. The zero-order valence-electron chi connectivity index (χ0n) is 17.2. The molecule has 1 aliphatic carbocycles. The summed E-state index contributed by atoms with van der Waals surface area (Å²) in [6.45, 7) is 7.69. The third-order valence-electron chi connectivity index (χ3n) is 6.07. The molecule has 2 bridgehead atoms. The second kappa shape index (κ2) is 6.54. The monoisotopic (exact) mass is 384 g/mol. The molecule has 2 heterocycles. The van der Waals surface area contributed by atoms with Crippen LogP contribution >= 0.6 is 0 Å². The van der Waals surface area contributed by atoms with E-state index in [1.54, 1.807) is 20.3 Å². The summed E-state index contributed by atoms with van der Waals surface area (Å²) in [5.74, 6) is 1.75. The standard InChI is InChI=1S/C22H28N2O4/c1-21(2)10-15-11-22(3,12-21)13-24(15)20(25)16-9-18(28-23-16)14-6-7-17(26-4)19(8-14)27-5/h6-9,15H,10-13H2,1-5H3/t15-,22-/m1/s1. The van der Waals surface area contributed by atoms with E-state index in [9.17, 15) is 4.79 Å². The summed E-state index contributed by atoms with van der Waals surface area (Å²) in [7, 11) is 3.18. The van der Waals surface area contributed by atoms with Crippen LogP contribution in [0, 0.1) is 10.8 Å². The van der Waals surface area contributed by atoms with Gasteiger partial charge in [-0.05, 0) is 48.3 Å². The van der Waals surface area contributed by atoms with Gasteiger partial charge in [-0.2, -0.15) is 0 Å². The van der Waals surface area contributed by atoms with Gasteiger partial charge in [-0.3, -0.25) is 4.79 Å². The van der Waals surface area contributed by atoms with E-state index >= 15 is 0 Å². The number of amides is 1. The Labute approximate surface area is 165 Å². The lowest BCUT2D eigenvalue weighted by Gasteiger charge is -2.39. The van der Waals surface area contributed by atoms with Gasteiger partial charge in [-0.1, -0.05) is 25.9 Å². The summed E-state index contributed by atoms with van der Waals surface area (Å²) in [6, 6.07) is 7.49. The van der Waals surface area contributed by atoms with E-state index in [-0.39, 0.29) is 22.8 Å². The van der Waals surface area contributed by atoms with Crippen molar-refractivity contribution in [2.75, 3.05) is 20.8 Å². The predicted octanol–water partition coefficient (Wildman–Crippen LogP) is 4.40. The number of carbonyl (C=O) groups is 1. The van der Waals surface area contributed by atoms with E-state index in [1.807, 2.05) is 23.1 Å². The number of benzene rings is 1. The van der Waals surface area contributed by atoms with Crippen LogP contribution in [0.25, 0.3) is 11.3 Å². The highest BCUT2D eigenvalue weighted by atomic mass is 16.5. The number of rotatable bonds is 4. The maximum Gasteiger partial charge on any atom is 0.276 e. The van der Waals surface area contributed by atoms with E-state index in [4.69, 9.17) is 14.0 Å². The first kappa shape index (κ1) is 18.8. The largest absolute Gasteiger partial charge is 0.493 e. The molecular formula is C22H28N2O4. The maximum atomic E-state index is 13.2. The molecular weight excluding hydrogens is 356 g/mol. The molecule has 1 saturated heterocycles. The third kappa shape index (κ3) is 3.25. The van der Waals surface area contributed by atoms with Crippen molar-refractivity contribution in [3.63, 3.8) is 0 Å². The van der Waals surface area contributed by atoms with Gasteiger partial charge in [0.25, 0.3) is 5.91 Å². The molecule has 0 spiro atoms. The molecule has 1 aliphatic heterocycles. The van der Waals surface area contributed by atoms with Gasteiger partial charge in [0.2, 0.25) is 0 Å². The highest BCUT2D eigenvalue weighted by molar-refractivity contribution is 5.93. The second-order valence-corrected chi connectivity index (χ2v) is 9.29. The Hall–Kier alpha value is -2.50. The molecule has 1 saturated carbocycles. The smallest absolute Gasteiger partial charge is 0.276 e. The van der Waals surface area contributed by atoms with E-state index < -0.39 is 0 Å². The second-order valence-electron chi connectivity index (χ2n) is 9.29. The van der Waals surface area contributed by atoms with Gasteiger partial charge in [-0.25, -0.2) is 0 Å². The Morgan fingerprint density at radius 3 is 2.61 bits per heavy atom. The van der Waals surface area contributed by atoms with Crippen molar-refractivity contribution in [2.45, 2.75) is 46.1 Å². The first-order chi connectivity index (χ1) is 13.2. The molecule has 6 heteroatoms. The van der Waals surface area contributed by atoms with Gasteiger partial charge in [0.05, 0.1) is 14.2 Å². The lowest BCUT2D eigenvalue weighted by Crippen LogP contribution is -2.37.